The van der Waals surface area contributed by atoms with Gasteiger partial charge in [-0.05, 0) is 50.7 Å². The van der Waals surface area contributed by atoms with E-state index in [0.717, 1.165) is 45.6 Å². The van der Waals surface area contributed by atoms with Gasteiger partial charge in [-0.25, -0.2) is 0 Å². The Morgan fingerprint density at radius 1 is 1.18 bits per heavy atom. The SMILES string of the molecule is CC1(CN)CCN(CC(=O)N2CCCC2)CC1. The molecule has 98 valence electrons. The summed E-state index contributed by atoms with van der Waals surface area (Å²) in [5.74, 6) is 0.318. The van der Waals surface area contributed by atoms with E-state index < -0.39 is 0 Å². The molecule has 4 heteroatoms. The molecule has 2 fully saturated rings. The monoisotopic (exact) mass is 239 g/mol. The van der Waals surface area contributed by atoms with Crippen LogP contribution < -0.4 is 5.73 Å². The van der Waals surface area contributed by atoms with Crippen molar-refractivity contribution in [2.75, 3.05) is 39.3 Å². The molecular formula is C13H25N3O. The number of nitrogens with zero attached hydrogens (tertiary/aromatic N) is 2. The van der Waals surface area contributed by atoms with Crippen LogP contribution in [0.5, 0.6) is 0 Å². The van der Waals surface area contributed by atoms with Gasteiger partial charge in [0.1, 0.15) is 0 Å². The third-order valence-corrected chi connectivity index (χ3v) is 4.37. The number of amides is 1. The maximum Gasteiger partial charge on any atom is 0.236 e. The van der Waals surface area contributed by atoms with E-state index >= 15 is 0 Å². The Kier molecular flexibility index (Phi) is 4.05. The molecule has 0 unspecified atom stereocenters. The fraction of sp³-hybridized carbons (Fsp3) is 0.923. The van der Waals surface area contributed by atoms with Crippen molar-refractivity contribution < 1.29 is 4.79 Å². The van der Waals surface area contributed by atoms with Gasteiger partial charge in [0.05, 0.1) is 6.54 Å². The summed E-state index contributed by atoms with van der Waals surface area (Å²) in [5.41, 5.74) is 6.09. The number of nitrogens with two attached hydrogens (primary N) is 1. The Bertz CT molecular complexity index is 266. The molecule has 2 aliphatic rings. The lowest BCUT2D eigenvalue weighted by molar-refractivity contribution is -0.131. The van der Waals surface area contributed by atoms with E-state index in [1.165, 1.54) is 12.8 Å². The number of rotatable bonds is 3. The minimum atomic E-state index is 0.299. The Hall–Kier alpha value is -0.610. The van der Waals surface area contributed by atoms with Gasteiger partial charge >= 0.3 is 0 Å². The molecular weight excluding hydrogens is 214 g/mol. The van der Waals surface area contributed by atoms with Crippen molar-refractivity contribution in [3.8, 4) is 0 Å². The lowest BCUT2D eigenvalue weighted by atomic mass is 9.80. The highest BCUT2D eigenvalue weighted by atomic mass is 16.2. The molecule has 0 bridgehead atoms. The zero-order valence-corrected chi connectivity index (χ0v) is 11.0. The molecule has 0 spiro atoms. The van der Waals surface area contributed by atoms with Crippen molar-refractivity contribution in [3.05, 3.63) is 0 Å². The van der Waals surface area contributed by atoms with Crippen LogP contribution in [0.2, 0.25) is 0 Å². The lowest BCUT2D eigenvalue weighted by Gasteiger charge is -2.38. The van der Waals surface area contributed by atoms with Gasteiger partial charge < -0.3 is 10.6 Å². The molecule has 2 aliphatic heterocycles. The first-order valence-corrected chi connectivity index (χ1v) is 6.83. The first kappa shape index (κ1) is 12.8. The zero-order chi connectivity index (χ0) is 12.3. The van der Waals surface area contributed by atoms with Crippen molar-refractivity contribution in [2.24, 2.45) is 11.1 Å². The van der Waals surface area contributed by atoms with E-state index in [2.05, 4.69) is 11.8 Å². The molecule has 0 aromatic carbocycles. The summed E-state index contributed by atoms with van der Waals surface area (Å²) in [7, 11) is 0. The van der Waals surface area contributed by atoms with Gasteiger partial charge in [-0.3, -0.25) is 9.69 Å². The summed E-state index contributed by atoms with van der Waals surface area (Å²) in [6, 6.07) is 0. The third kappa shape index (κ3) is 3.19. The first-order chi connectivity index (χ1) is 8.13. The van der Waals surface area contributed by atoms with Gasteiger partial charge in [-0.15, -0.1) is 0 Å². The average Bonchev–Trinajstić information content (AvgIpc) is 2.86. The van der Waals surface area contributed by atoms with Crippen LogP contribution in [0.3, 0.4) is 0 Å². The van der Waals surface area contributed by atoms with Crippen LogP contribution in [0.4, 0.5) is 0 Å². The zero-order valence-electron chi connectivity index (χ0n) is 11.0. The second kappa shape index (κ2) is 5.36. The molecule has 2 heterocycles. The molecule has 17 heavy (non-hydrogen) atoms. The maximum absolute atomic E-state index is 12.0. The fourth-order valence-electron chi connectivity index (χ4n) is 2.71. The van der Waals surface area contributed by atoms with E-state index in [1.807, 2.05) is 4.90 Å². The Balaban J connectivity index is 1.76. The van der Waals surface area contributed by atoms with Gasteiger partial charge in [0.25, 0.3) is 0 Å². The molecule has 2 rings (SSSR count). The van der Waals surface area contributed by atoms with Crippen LogP contribution in [0.1, 0.15) is 32.6 Å². The summed E-state index contributed by atoms with van der Waals surface area (Å²) in [4.78, 5) is 16.3. The molecule has 4 nitrogen and oxygen atoms in total. The van der Waals surface area contributed by atoms with Crippen molar-refractivity contribution in [2.45, 2.75) is 32.6 Å². The van der Waals surface area contributed by atoms with Crippen LogP contribution in [0, 0.1) is 5.41 Å². The number of likely N-dealkylation sites (tertiary alicyclic amines) is 2. The number of hydrogen-bond acceptors (Lipinski definition) is 3. The molecule has 2 saturated heterocycles. The van der Waals surface area contributed by atoms with Crippen LogP contribution in [-0.2, 0) is 4.79 Å². The van der Waals surface area contributed by atoms with Gasteiger partial charge in [0.15, 0.2) is 0 Å². The second-order valence-corrected chi connectivity index (χ2v) is 5.88. The van der Waals surface area contributed by atoms with E-state index in [-0.39, 0.29) is 0 Å². The summed E-state index contributed by atoms with van der Waals surface area (Å²) in [5, 5.41) is 0. The molecule has 0 atom stereocenters. The summed E-state index contributed by atoms with van der Waals surface area (Å²) in [6.07, 6.45) is 4.60. The van der Waals surface area contributed by atoms with Gasteiger partial charge in [-0.1, -0.05) is 6.92 Å². The number of piperidine rings is 1. The van der Waals surface area contributed by atoms with E-state index in [0.29, 0.717) is 17.9 Å². The van der Waals surface area contributed by atoms with Crippen molar-refractivity contribution >= 4 is 5.91 Å². The average molecular weight is 239 g/mol. The smallest absolute Gasteiger partial charge is 0.236 e. The molecule has 2 N–H and O–H groups in total. The molecule has 0 radical (unpaired) electrons. The number of carbonyl (C=O) groups excluding carboxylic acids is 1. The van der Waals surface area contributed by atoms with Crippen LogP contribution in [0.25, 0.3) is 0 Å². The normalized spacial score (nSPS) is 25.2. The van der Waals surface area contributed by atoms with Gasteiger partial charge in [0, 0.05) is 13.1 Å². The topological polar surface area (TPSA) is 49.6 Å². The van der Waals surface area contributed by atoms with E-state index in [4.69, 9.17) is 5.73 Å². The summed E-state index contributed by atoms with van der Waals surface area (Å²) < 4.78 is 0. The van der Waals surface area contributed by atoms with Crippen molar-refractivity contribution in [1.29, 1.82) is 0 Å². The standard InChI is InChI=1S/C13H25N3O/c1-13(11-14)4-8-15(9-5-13)10-12(17)16-6-2-3-7-16/h2-11,14H2,1H3. The predicted molar refractivity (Wildman–Crippen MR) is 68.6 cm³/mol. The van der Waals surface area contributed by atoms with E-state index in [9.17, 15) is 4.79 Å². The molecule has 0 aromatic heterocycles. The Labute approximate surface area is 104 Å². The van der Waals surface area contributed by atoms with Crippen LogP contribution >= 0.6 is 0 Å². The predicted octanol–water partition coefficient (Wildman–Crippen LogP) is 0.670. The minimum absolute atomic E-state index is 0.299. The molecule has 0 aromatic rings. The summed E-state index contributed by atoms with van der Waals surface area (Å²) >= 11 is 0. The highest BCUT2D eigenvalue weighted by Gasteiger charge is 2.30. The minimum Gasteiger partial charge on any atom is -0.342 e. The largest absolute Gasteiger partial charge is 0.342 e. The van der Waals surface area contributed by atoms with Gasteiger partial charge in [-0.2, -0.15) is 0 Å². The highest BCUT2D eigenvalue weighted by Crippen LogP contribution is 2.29. The Morgan fingerprint density at radius 3 is 2.29 bits per heavy atom. The van der Waals surface area contributed by atoms with Gasteiger partial charge in [0.2, 0.25) is 5.91 Å². The fourth-order valence-corrected chi connectivity index (χ4v) is 2.71. The molecule has 0 saturated carbocycles. The number of hydrogen-bond donors (Lipinski definition) is 1. The van der Waals surface area contributed by atoms with Crippen LogP contribution in [0.15, 0.2) is 0 Å². The third-order valence-electron chi connectivity index (χ3n) is 4.37. The molecule has 0 aliphatic carbocycles. The second-order valence-electron chi connectivity index (χ2n) is 5.88. The lowest BCUT2D eigenvalue weighted by Crippen LogP contribution is -2.46. The number of carbonyl (C=O) groups is 1. The van der Waals surface area contributed by atoms with Crippen LogP contribution in [-0.4, -0.2) is 55.0 Å². The highest BCUT2D eigenvalue weighted by molar-refractivity contribution is 5.78. The maximum atomic E-state index is 12.0. The van der Waals surface area contributed by atoms with Crippen molar-refractivity contribution in [1.82, 2.24) is 9.80 Å². The first-order valence-electron chi connectivity index (χ1n) is 6.83. The van der Waals surface area contributed by atoms with E-state index in [1.54, 1.807) is 0 Å². The quantitative estimate of drug-likeness (QED) is 0.787. The van der Waals surface area contributed by atoms with Crippen molar-refractivity contribution in [3.63, 3.8) is 0 Å². The summed E-state index contributed by atoms with van der Waals surface area (Å²) in [6.45, 7) is 7.61. The molecule has 1 amide bonds. The Morgan fingerprint density at radius 2 is 1.76 bits per heavy atom.